The van der Waals surface area contributed by atoms with E-state index in [1.54, 1.807) is 12.1 Å². The minimum Gasteiger partial charge on any atom is -0.491 e. The Hall–Kier alpha value is -3.57. The summed E-state index contributed by atoms with van der Waals surface area (Å²) in [6.45, 7) is 1.71. The molecule has 2 N–H and O–H groups in total. The molecule has 1 aromatic carbocycles. The number of hydrogen-bond acceptors (Lipinski definition) is 8. The van der Waals surface area contributed by atoms with E-state index in [0.29, 0.717) is 41.8 Å². The monoisotopic (exact) mass is 511 g/mol. The highest BCUT2D eigenvalue weighted by Crippen LogP contribution is 2.32. The minimum absolute atomic E-state index is 0.0519. The second-order valence-corrected chi connectivity index (χ2v) is 8.50. The fourth-order valence-corrected chi connectivity index (χ4v) is 3.80. The molecule has 2 aliphatic rings. The minimum atomic E-state index is -0.588. The number of nitrogens with one attached hydrogen (secondary N) is 2. The molecular weight excluding hydrogens is 486 g/mol. The molecule has 1 saturated heterocycles. The molecule has 2 bridgehead atoms. The molecule has 2 aromatic rings. The molecular formula is C25H26ClN5O5. The molecule has 1 fully saturated rings. The maximum atomic E-state index is 12.7. The third-order valence-corrected chi connectivity index (χ3v) is 5.71. The standard InChI is InChI=1S/C25H26ClN5O5/c26-18-14-19-21(13-17(18)7-6-12-35-23-8-2-5-10-34-23)33-9-3-1-4-11-36-24-20(15-27)28-16-22(30-24)31-25(32)29-19/h13-14,16,23H,1-5,8-12H2,(H2,29,30,31,32). The third kappa shape index (κ3) is 7.22. The van der Waals surface area contributed by atoms with Gasteiger partial charge in [0.05, 0.1) is 30.1 Å². The Morgan fingerprint density at radius 1 is 1.11 bits per heavy atom. The van der Waals surface area contributed by atoms with E-state index in [1.807, 2.05) is 6.07 Å². The Morgan fingerprint density at radius 2 is 1.94 bits per heavy atom. The lowest BCUT2D eigenvalue weighted by molar-refractivity contribution is -0.154. The van der Waals surface area contributed by atoms with Crippen molar-refractivity contribution in [3.8, 4) is 29.5 Å². The van der Waals surface area contributed by atoms with E-state index < -0.39 is 6.03 Å². The molecule has 0 aliphatic carbocycles. The SMILES string of the molecule is N#Cc1ncc2nc1OCCCCCOc1cc(C#CCOC3CCCCO3)c(Cl)cc1NC(=O)N2. The second-order valence-electron chi connectivity index (χ2n) is 8.09. The number of carbonyl (C=O) groups excluding carboxylic acids is 1. The van der Waals surface area contributed by atoms with E-state index in [0.717, 1.165) is 38.5 Å². The average molecular weight is 512 g/mol. The van der Waals surface area contributed by atoms with Crippen LogP contribution in [-0.4, -0.2) is 48.7 Å². The summed E-state index contributed by atoms with van der Waals surface area (Å²) >= 11 is 6.45. The Balaban J connectivity index is 1.50. The average Bonchev–Trinajstić information content (AvgIpc) is 2.88. The van der Waals surface area contributed by atoms with Crippen LogP contribution in [0.5, 0.6) is 11.6 Å². The number of nitriles is 1. The maximum absolute atomic E-state index is 12.7. The van der Waals surface area contributed by atoms with Crippen molar-refractivity contribution in [1.29, 1.82) is 5.26 Å². The number of carbonyl (C=O) groups is 1. The number of amides is 2. The van der Waals surface area contributed by atoms with Gasteiger partial charge in [0.15, 0.2) is 12.1 Å². The fraction of sp³-hybridized carbons (Fsp3) is 0.440. The Kier molecular flexibility index (Phi) is 9.17. The van der Waals surface area contributed by atoms with Gasteiger partial charge in [-0.1, -0.05) is 23.4 Å². The normalized spacial score (nSPS) is 18.2. The molecule has 4 rings (SSSR count). The van der Waals surface area contributed by atoms with Crippen LogP contribution in [0.15, 0.2) is 18.3 Å². The first-order chi connectivity index (χ1) is 17.6. The number of nitrogens with zero attached hydrogens (tertiary/aromatic N) is 3. The molecule has 1 aromatic heterocycles. The summed E-state index contributed by atoms with van der Waals surface area (Å²) < 4.78 is 22.8. The number of benzene rings is 1. The van der Waals surface area contributed by atoms with Crippen molar-refractivity contribution in [2.24, 2.45) is 0 Å². The number of halogens is 1. The van der Waals surface area contributed by atoms with Crippen LogP contribution < -0.4 is 20.1 Å². The smallest absolute Gasteiger partial charge is 0.325 e. The molecule has 3 heterocycles. The number of hydrogen-bond donors (Lipinski definition) is 2. The van der Waals surface area contributed by atoms with Gasteiger partial charge in [0.1, 0.15) is 18.4 Å². The van der Waals surface area contributed by atoms with Crippen molar-refractivity contribution in [3.05, 3.63) is 34.6 Å². The van der Waals surface area contributed by atoms with Gasteiger partial charge in [-0.25, -0.2) is 9.78 Å². The number of anilines is 2. The second kappa shape index (κ2) is 12.9. The van der Waals surface area contributed by atoms with Gasteiger partial charge in [-0.3, -0.25) is 5.32 Å². The van der Waals surface area contributed by atoms with Crippen LogP contribution in [0.25, 0.3) is 0 Å². The predicted octanol–water partition coefficient (Wildman–Crippen LogP) is 4.48. The first kappa shape index (κ1) is 25.5. The van der Waals surface area contributed by atoms with Gasteiger partial charge in [-0.2, -0.15) is 10.2 Å². The molecule has 0 saturated carbocycles. The van der Waals surface area contributed by atoms with Gasteiger partial charge in [-0.15, -0.1) is 0 Å². The van der Waals surface area contributed by atoms with Crippen molar-refractivity contribution in [2.75, 3.05) is 37.1 Å². The quantitative estimate of drug-likeness (QED) is 0.565. The van der Waals surface area contributed by atoms with E-state index in [1.165, 1.54) is 6.20 Å². The number of urea groups is 1. The molecule has 36 heavy (non-hydrogen) atoms. The lowest BCUT2D eigenvalue weighted by Gasteiger charge is -2.21. The molecule has 2 aliphatic heterocycles. The molecule has 10 nitrogen and oxygen atoms in total. The van der Waals surface area contributed by atoms with E-state index in [9.17, 15) is 10.1 Å². The molecule has 0 radical (unpaired) electrons. The Labute approximate surface area is 214 Å². The van der Waals surface area contributed by atoms with Crippen LogP contribution >= 0.6 is 11.6 Å². The zero-order valence-electron chi connectivity index (χ0n) is 19.6. The Bertz CT molecular complexity index is 1180. The topological polar surface area (TPSA) is 128 Å². The van der Waals surface area contributed by atoms with Gasteiger partial charge < -0.3 is 24.3 Å². The largest absolute Gasteiger partial charge is 0.491 e. The maximum Gasteiger partial charge on any atom is 0.325 e. The number of fused-ring (bicyclic) bond motifs is 3. The van der Waals surface area contributed by atoms with Crippen molar-refractivity contribution >= 4 is 29.1 Å². The summed E-state index contributed by atoms with van der Waals surface area (Å²) in [6.07, 6.45) is 6.39. The highest BCUT2D eigenvalue weighted by Gasteiger charge is 2.16. The van der Waals surface area contributed by atoms with E-state index >= 15 is 0 Å². The summed E-state index contributed by atoms with van der Waals surface area (Å²) in [5.74, 6) is 6.62. The van der Waals surface area contributed by atoms with Crippen LogP contribution in [0, 0.1) is 23.2 Å². The fourth-order valence-electron chi connectivity index (χ4n) is 3.59. The highest BCUT2D eigenvalue weighted by molar-refractivity contribution is 6.32. The van der Waals surface area contributed by atoms with Crippen molar-refractivity contribution in [1.82, 2.24) is 9.97 Å². The molecule has 2 amide bonds. The number of aromatic nitrogens is 2. The van der Waals surface area contributed by atoms with E-state index in [4.69, 9.17) is 30.5 Å². The van der Waals surface area contributed by atoms with Gasteiger partial charge in [0.2, 0.25) is 5.69 Å². The van der Waals surface area contributed by atoms with Crippen LogP contribution in [0.2, 0.25) is 5.02 Å². The van der Waals surface area contributed by atoms with Gasteiger partial charge >= 0.3 is 6.03 Å². The summed E-state index contributed by atoms with van der Waals surface area (Å²) in [4.78, 5) is 20.8. The van der Waals surface area contributed by atoms with Crippen LogP contribution in [0.3, 0.4) is 0 Å². The first-order valence-corrected chi connectivity index (χ1v) is 12.2. The van der Waals surface area contributed by atoms with Crippen LogP contribution in [0.1, 0.15) is 49.8 Å². The van der Waals surface area contributed by atoms with Gasteiger partial charge in [-0.05, 0) is 50.7 Å². The number of rotatable bonds is 2. The molecule has 188 valence electrons. The highest BCUT2D eigenvalue weighted by atomic mass is 35.5. The lowest BCUT2D eigenvalue weighted by atomic mass is 10.2. The lowest BCUT2D eigenvalue weighted by Crippen LogP contribution is -2.22. The summed E-state index contributed by atoms with van der Waals surface area (Å²) in [7, 11) is 0. The van der Waals surface area contributed by atoms with E-state index in [-0.39, 0.29) is 30.3 Å². The van der Waals surface area contributed by atoms with Crippen molar-refractivity contribution < 1.29 is 23.7 Å². The molecule has 1 atom stereocenters. The van der Waals surface area contributed by atoms with Crippen LogP contribution in [-0.2, 0) is 9.47 Å². The summed E-state index contributed by atoms with van der Waals surface area (Å²) in [5, 5.41) is 14.9. The van der Waals surface area contributed by atoms with Crippen molar-refractivity contribution in [3.63, 3.8) is 0 Å². The van der Waals surface area contributed by atoms with Crippen molar-refractivity contribution in [2.45, 2.75) is 44.8 Å². The van der Waals surface area contributed by atoms with Gasteiger partial charge in [0, 0.05) is 12.2 Å². The van der Waals surface area contributed by atoms with E-state index in [2.05, 4.69) is 32.4 Å². The zero-order valence-corrected chi connectivity index (χ0v) is 20.4. The summed E-state index contributed by atoms with van der Waals surface area (Å²) in [5.41, 5.74) is 0.985. The van der Waals surface area contributed by atoms with Crippen LogP contribution in [0.4, 0.5) is 16.3 Å². The molecule has 1 unspecified atom stereocenters. The molecule has 11 heteroatoms. The number of ether oxygens (including phenoxy) is 4. The zero-order chi connectivity index (χ0) is 25.2. The third-order valence-electron chi connectivity index (χ3n) is 5.39. The Morgan fingerprint density at radius 3 is 2.75 bits per heavy atom. The predicted molar refractivity (Wildman–Crippen MR) is 132 cm³/mol. The first-order valence-electron chi connectivity index (χ1n) is 11.8. The van der Waals surface area contributed by atoms with Gasteiger partial charge in [0.25, 0.3) is 5.88 Å². The summed E-state index contributed by atoms with van der Waals surface area (Å²) in [6, 6.07) is 4.63. The molecule has 0 spiro atoms.